The number of rotatable bonds is 17. The molecule has 2 rings (SSSR count). The van der Waals surface area contributed by atoms with Gasteiger partial charge in [0.05, 0.1) is 6.61 Å². The van der Waals surface area contributed by atoms with E-state index >= 15 is 0 Å². The van der Waals surface area contributed by atoms with E-state index in [0.717, 1.165) is 29.9 Å². The molecule has 0 heterocycles. The van der Waals surface area contributed by atoms with E-state index in [1.807, 2.05) is 50.2 Å². The molecule has 0 aliphatic rings. The van der Waals surface area contributed by atoms with Crippen molar-refractivity contribution in [1.82, 2.24) is 0 Å². The summed E-state index contributed by atoms with van der Waals surface area (Å²) in [5.41, 5.74) is 2.19. The quantitative estimate of drug-likeness (QED) is 0.0883. The third-order valence-electron chi connectivity index (χ3n) is 6.09. The van der Waals surface area contributed by atoms with Crippen LogP contribution in [-0.4, -0.2) is 17.4 Å². The zero-order chi connectivity index (χ0) is 24.6. The highest BCUT2D eigenvalue weighted by Gasteiger charge is 2.20. The molecule has 3 nitrogen and oxygen atoms in total. The minimum atomic E-state index is -0.301. The minimum Gasteiger partial charge on any atom is -0.494 e. The Labute approximate surface area is 215 Å². The topological polar surface area (TPSA) is 35.5 Å². The van der Waals surface area contributed by atoms with Crippen molar-refractivity contribution in [3.63, 3.8) is 0 Å². The van der Waals surface area contributed by atoms with Crippen LogP contribution in [0.5, 0.6) is 11.5 Å². The Kier molecular flexibility index (Phi) is 14.0. The average Bonchev–Trinajstić information content (AvgIpc) is 2.85. The molecule has 0 fully saturated rings. The lowest BCUT2D eigenvalue weighted by molar-refractivity contribution is -0.134. The molecule has 2 aromatic carbocycles. The van der Waals surface area contributed by atoms with Crippen LogP contribution in [-0.2, 0) is 4.79 Å². The number of halogens is 1. The Hall–Kier alpha value is -1.81. The van der Waals surface area contributed by atoms with Gasteiger partial charge in [0.1, 0.15) is 16.3 Å². The van der Waals surface area contributed by atoms with E-state index in [1.54, 1.807) is 0 Å². The van der Waals surface area contributed by atoms with Crippen molar-refractivity contribution in [2.75, 3.05) is 6.61 Å². The summed E-state index contributed by atoms with van der Waals surface area (Å²) in [4.78, 5) is 11.8. The minimum absolute atomic E-state index is 0.183. The third-order valence-corrected chi connectivity index (χ3v) is 7.52. The average molecular weight is 532 g/mol. The van der Waals surface area contributed by atoms with Gasteiger partial charge < -0.3 is 9.47 Å². The Morgan fingerprint density at radius 3 is 1.62 bits per heavy atom. The van der Waals surface area contributed by atoms with Crippen LogP contribution in [0.2, 0.25) is 0 Å². The first-order valence-electron chi connectivity index (χ1n) is 13.2. The van der Waals surface area contributed by atoms with Gasteiger partial charge in [-0.2, -0.15) is 0 Å². The van der Waals surface area contributed by atoms with E-state index in [0.29, 0.717) is 5.75 Å². The number of unbranched alkanes of at least 4 members (excludes halogenated alkanes) is 10. The van der Waals surface area contributed by atoms with E-state index in [-0.39, 0.29) is 16.7 Å². The fourth-order valence-corrected chi connectivity index (χ4v) is 3.95. The van der Waals surface area contributed by atoms with Crippen LogP contribution in [0.25, 0.3) is 11.1 Å². The van der Waals surface area contributed by atoms with E-state index < -0.39 is 0 Å². The molecule has 34 heavy (non-hydrogen) atoms. The Morgan fingerprint density at radius 2 is 1.15 bits per heavy atom. The summed E-state index contributed by atoms with van der Waals surface area (Å²) in [6.07, 6.45) is 14.8. The Bertz CT molecular complexity index is 799. The van der Waals surface area contributed by atoms with Gasteiger partial charge in [-0.3, -0.25) is 4.79 Å². The van der Waals surface area contributed by atoms with Gasteiger partial charge >= 0.3 is 5.97 Å². The lowest BCUT2D eigenvalue weighted by atomic mass is 10.1. The molecular formula is C30H43BrO3. The highest BCUT2D eigenvalue weighted by Crippen LogP contribution is 2.25. The van der Waals surface area contributed by atoms with Crippen molar-refractivity contribution in [2.24, 2.45) is 5.92 Å². The number of alkyl halides is 1. The monoisotopic (exact) mass is 530 g/mol. The second kappa shape index (κ2) is 16.8. The number of benzene rings is 2. The lowest BCUT2D eigenvalue weighted by Crippen LogP contribution is -2.24. The van der Waals surface area contributed by atoms with Crippen LogP contribution >= 0.6 is 15.9 Å². The molecule has 0 saturated heterocycles. The van der Waals surface area contributed by atoms with E-state index in [2.05, 4.69) is 35.0 Å². The summed E-state index contributed by atoms with van der Waals surface area (Å²) in [6.45, 7) is 7.01. The van der Waals surface area contributed by atoms with Gasteiger partial charge in [-0.25, -0.2) is 0 Å². The maximum Gasteiger partial charge on any atom is 0.325 e. The van der Waals surface area contributed by atoms with Crippen LogP contribution in [0.15, 0.2) is 48.5 Å². The molecular weight excluding hydrogens is 488 g/mol. The van der Waals surface area contributed by atoms with E-state index in [4.69, 9.17) is 9.47 Å². The number of hydrogen-bond acceptors (Lipinski definition) is 3. The Balaban J connectivity index is 1.62. The molecule has 0 radical (unpaired) electrons. The first kappa shape index (κ1) is 28.4. The smallest absolute Gasteiger partial charge is 0.325 e. The van der Waals surface area contributed by atoms with Gasteiger partial charge in [0, 0.05) is 0 Å². The molecule has 188 valence electrons. The molecule has 0 bridgehead atoms. The molecule has 0 saturated carbocycles. The number of carbonyl (C=O) groups is 1. The predicted molar refractivity (Wildman–Crippen MR) is 147 cm³/mol. The second-order valence-corrected chi connectivity index (χ2v) is 10.5. The number of hydrogen-bond donors (Lipinski definition) is 0. The molecule has 0 aliphatic carbocycles. The predicted octanol–water partition coefficient (Wildman–Crippen LogP) is 9.37. The van der Waals surface area contributed by atoms with E-state index in [9.17, 15) is 4.79 Å². The summed E-state index contributed by atoms with van der Waals surface area (Å²) < 4.78 is 11.4. The van der Waals surface area contributed by atoms with Gasteiger partial charge in [-0.15, -0.1) is 0 Å². The summed E-state index contributed by atoms with van der Waals surface area (Å²) >= 11 is 3.38. The SMILES string of the molecule is CCCCCCCCCCCCCOc1ccc(-c2ccc(OC(=O)C(Br)C(C)C)cc2)cc1. The van der Waals surface area contributed by atoms with Gasteiger partial charge in [0.25, 0.3) is 0 Å². The summed E-state index contributed by atoms with van der Waals surface area (Å²) in [5.74, 6) is 1.40. The van der Waals surface area contributed by atoms with Crippen LogP contribution < -0.4 is 9.47 Å². The zero-order valence-electron chi connectivity index (χ0n) is 21.4. The summed E-state index contributed by atoms with van der Waals surface area (Å²) in [6, 6.07) is 15.8. The van der Waals surface area contributed by atoms with Crippen molar-refractivity contribution >= 4 is 21.9 Å². The van der Waals surface area contributed by atoms with Crippen LogP contribution in [0, 0.1) is 5.92 Å². The first-order chi connectivity index (χ1) is 16.5. The number of carbonyl (C=O) groups excluding carboxylic acids is 1. The molecule has 0 aromatic heterocycles. The van der Waals surface area contributed by atoms with Crippen LogP contribution in [0.3, 0.4) is 0 Å². The highest BCUT2D eigenvalue weighted by molar-refractivity contribution is 9.10. The molecule has 0 spiro atoms. The van der Waals surface area contributed by atoms with Crippen molar-refractivity contribution < 1.29 is 14.3 Å². The largest absolute Gasteiger partial charge is 0.494 e. The molecule has 1 unspecified atom stereocenters. The molecule has 4 heteroatoms. The van der Waals surface area contributed by atoms with Crippen molar-refractivity contribution in [2.45, 2.75) is 96.2 Å². The summed E-state index contributed by atoms with van der Waals surface area (Å²) in [7, 11) is 0. The van der Waals surface area contributed by atoms with E-state index in [1.165, 1.54) is 64.2 Å². The number of ether oxygens (including phenoxy) is 2. The fourth-order valence-electron chi connectivity index (χ4n) is 3.86. The standard InChI is InChI=1S/C30H43BrO3/c1-4-5-6-7-8-9-10-11-12-13-14-23-33-27-19-15-25(16-20-27)26-17-21-28(22-18-26)34-30(32)29(31)24(2)3/h15-22,24,29H,4-14,23H2,1-3H3. The van der Waals surface area contributed by atoms with Crippen molar-refractivity contribution in [3.05, 3.63) is 48.5 Å². The molecule has 0 N–H and O–H groups in total. The van der Waals surface area contributed by atoms with Crippen molar-refractivity contribution in [3.8, 4) is 22.6 Å². The molecule has 0 aliphatic heterocycles. The first-order valence-corrected chi connectivity index (χ1v) is 14.1. The second-order valence-electron chi connectivity index (χ2n) is 9.50. The molecule has 2 aromatic rings. The molecule has 0 amide bonds. The maximum absolute atomic E-state index is 12.1. The van der Waals surface area contributed by atoms with Gasteiger partial charge in [-0.1, -0.05) is 125 Å². The van der Waals surface area contributed by atoms with Gasteiger partial charge in [0.2, 0.25) is 0 Å². The normalized spacial score (nSPS) is 12.0. The Morgan fingerprint density at radius 1 is 0.706 bits per heavy atom. The number of esters is 1. The zero-order valence-corrected chi connectivity index (χ0v) is 22.9. The highest BCUT2D eigenvalue weighted by atomic mass is 79.9. The molecule has 1 atom stereocenters. The van der Waals surface area contributed by atoms with Gasteiger partial charge in [-0.05, 0) is 47.7 Å². The van der Waals surface area contributed by atoms with Gasteiger partial charge in [0.15, 0.2) is 0 Å². The van der Waals surface area contributed by atoms with Crippen LogP contribution in [0.1, 0.15) is 91.4 Å². The van der Waals surface area contributed by atoms with Crippen molar-refractivity contribution in [1.29, 1.82) is 0 Å². The summed E-state index contributed by atoms with van der Waals surface area (Å²) in [5, 5.41) is 0. The maximum atomic E-state index is 12.1. The van der Waals surface area contributed by atoms with Crippen LogP contribution in [0.4, 0.5) is 0 Å². The third kappa shape index (κ3) is 11.1. The fraction of sp³-hybridized carbons (Fsp3) is 0.567. The lowest BCUT2D eigenvalue weighted by Gasteiger charge is -2.13.